The van der Waals surface area contributed by atoms with E-state index in [2.05, 4.69) is 22.4 Å². The molecule has 0 bridgehead atoms. The van der Waals surface area contributed by atoms with Gasteiger partial charge in [-0.2, -0.15) is 0 Å². The van der Waals surface area contributed by atoms with E-state index in [1.165, 1.54) is 17.7 Å². The summed E-state index contributed by atoms with van der Waals surface area (Å²) in [6, 6.07) is 31.6. The van der Waals surface area contributed by atoms with Gasteiger partial charge in [0.25, 0.3) is 0 Å². The van der Waals surface area contributed by atoms with Gasteiger partial charge in [0, 0.05) is 36.7 Å². The number of anilines is 1. The number of nitrogens with one attached hydrogen (secondary N) is 2. The molecule has 0 aliphatic heterocycles. The van der Waals surface area contributed by atoms with Gasteiger partial charge in [-0.3, -0.25) is 4.79 Å². The van der Waals surface area contributed by atoms with Crippen molar-refractivity contribution < 1.29 is 14.3 Å². The highest BCUT2D eigenvalue weighted by Gasteiger charge is 2.19. The lowest BCUT2D eigenvalue weighted by atomic mass is 10.0. The molecule has 4 aromatic carbocycles. The van der Waals surface area contributed by atoms with Gasteiger partial charge < -0.3 is 20.3 Å². The first-order valence-electron chi connectivity index (χ1n) is 13.3. The number of carbonyl (C=O) groups is 1. The lowest BCUT2D eigenvalue weighted by Gasteiger charge is -2.21. The molecular weight excluding hydrogens is 503 g/mol. The van der Waals surface area contributed by atoms with Crippen molar-refractivity contribution in [1.29, 1.82) is 0 Å². The highest BCUT2D eigenvalue weighted by molar-refractivity contribution is 6.21. The van der Waals surface area contributed by atoms with Gasteiger partial charge in [-0.15, -0.1) is 0 Å². The first kappa shape index (κ1) is 26.8. The molecule has 1 heterocycles. The molecule has 0 spiro atoms. The topological polar surface area (TPSA) is 80.7 Å². The van der Waals surface area contributed by atoms with Gasteiger partial charge >= 0.3 is 0 Å². The average molecular weight is 535 g/mol. The number of H-pyrrole nitrogens is 1. The second-order valence-corrected chi connectivity index (χ2v) is 9.54. The molecule has 3 N–H and O–H groups in total. The predicted octanol–water partition coefficient (Wildman–Crippen LogP) is 6.37. The lowest BCUT2D eigenvalue weighted by Crippen LogP contribution is -2.36. The normalized spacial score (nSPS) is 11.6. The number of halogens is 1. The third kappa shape index (κ3) is 6.27. The first-order chi connectivity index (χ1) is 19.5. The number of hydrogen-bond donors (Lipinski definition) is 3. The summed E-state index contributed by atoms with van der Waals surface area (Å²) in [7, 11) is 0. The van der Waals surface area contributed by atoms with Crippen molar-refractivity contribution in [2.24, 2.45) is 4.99 Å². The monoisotopic (exact) mass is 534 g/mol. The number of fused-ring (bicyclic) bond motifs is 1. The highest BCUT2D eigenvalue weighted by atomic mass is 19.1. The summed E-state index contributed by atoms with van der Waals surface area (Å²) in [6.07, 6.45) is 0.929. The molecule has 7 heteroatoms. The van der Waals surface area contributed by atoms with Gasteiger partial charge in [0.05, 0.1) is 22.5 Å². The molecule has 1 amide bonds. The first-order valence-corrected chi connectivity index (χ1v) is 13.3. The number of hydrogen-bond acceptors (Lipinski definition) is 4. The third-order valence-electron chi connectivity index (χ3n) is 6.75. The van der Waals surface area contributed by atoms with Crippen LogP contribution in [0.25, 0.3) is 10.9 Å². The maximum atomic E-state index is 13.8. The largest absolute Gasteiger partial charge is 0.494 e. The molecule has 0 saturated heterocycles. The molecule has 0 atom stereocenters. The van der Waals surface area contributed by atoms with Gasteiger partial charge in [-0.1, -0.05) is 60.7 Å². The van der Waals surface area contributed by atoms with Crippen molar-refractivity contribution in [2.75, 3.05) is 24.5 Å². The maximum absolute atomic E-state index is 13.8. The lowest BCUT2D eigenvalue weighted by molar-refractivity contribution is -0.116. The molecule has 6 nitrogen and oxygen atoms in total. The van der Waals surface area contributed by atoms with Crippen LogP contribution in [-0.4, -0.2) is 41.3 Å². The summed E-state index contributed by atoms with van der Waals surface area (Å²) in [4.78, 5) is 21.9. The number of aromatic hydroxyl groups is 1. The van der Waals surface area contributed by atoms with E-state index in [-0.39, 0.29) is 11.8 Å². The van der Waals surface area contributed by atoms with E-state index in [0.717, 1.165) is 24.2 Å². The number of aromatic amines is 1. The molecule has 0 radical (unpaired) electrons. The minimum absolute atomic E-state index is 0.0398. The Kier molecular flexibility index (Phi) is 8.32. The molecule has 0 aliphatic rings. The second kappa shape index (κ2) is 12.4. The number of rotatable bonds is 10. The van der Waals surface area contributed by atoms with Crippen LogP contribution in [0.1, 0.15) is 23.6 Å². The summed E-state index contributed by atoms with van der Waals surface area (Å²) < 4.78 is 13.8. The zero-order valence-corrected chi connectivity index (χ0v) is 22.3. The number of carbonyl (C=O) groups excluding carboxylic acids is 1. The fourth-order valence-corrected chi connectivity index (χ4v) is 4.75. The number of nitrogens with zero attached hydrogens (tertiary/aromatic N) is 2. The molecular formula is C33H31FN4O2. The van der Waals surface area contributed by atoms with Crippen LogP contribution >= 0.6 is 0 Å². The molecule has 5 rings (SSSR count). The number of amides is 1. The van der Waals surface area contributed by atoms with Crippen LogP contribution in [0.4, 0.5) is 15.8 Å². The Hall–Kier alpha value is -4.75. The number of benzene rings is 4. The van der Waals surface area contributed by atoms with E-state index < -0.39 is 5.82 Å². The Morgan fingerprint density at radius 2 is 1.62 bits per heavy atom. The maximum Gasteiger partial charge on any atom is 0.223 e. The van der Waals surface area contributed by atoms with E-state index in [0.29, 0.717) is 41.0 Å². The Balaban J connectivity index is 1.36. The smallest absolute Gasteiger partial charge is 0.223 e. The minimum Gasteiger partial charge on any atom is -0.494 e. The van der Waals surface area contributed by atoms with E-state index in [1.807, 2.05) is 72.8 Å². The van der Waals surface area contributed by atoms with Crippen molar-refractivity contribution in [1.82, 2.24) is 10.3 Å². The van der Waals surface area contributed by atoms with Crippen molar-refractivity contribution in [3.8, 4) is 5.88 Å². The molecule has 0 aliphatic carbocycles. The van der Waals surface area contributed by atoms with Crippen LogP contribution < -0.4 is 10.2 Å². The Morgan fingerprint density at radius 1 is 0.925 bits per heavy atom. The summed E-state index contributed by atoms with van der Waals surface area (Å²) >= 11 is 0. The predicted molar refractivity (Wildman–Crippen MR) is 159 cm³/mol. The van der Waals surface area contributed by atoms with Crippen LogP contribution in [0.3, 0.4) is 0 Å². The standard InChI is InChI=1S/C33H31FN4O2/c1-23(39)38(21-20-35-19-18-24-8-4-2-5-9-24)28-15-13-27(14-16-28)36-32(25-10-6-3-7-11-25)31-29-17-12-26(34)22-30(29)37-33(31)40/h2-17,22,35,37,40H,18-21H2,1H3. The summed E-state index contributed by atoms with van der Waals surface area (Å²) in [5, 5.41) is 14.9. The molecule has 40 heavy (non-hydrogen) atoms. The van der Waals surface area contributed by atoms with Crippen molar-refractivity contribution in [2.45, 2.75) is 13.3 Å². The highest BCUT2D eigenvalue weighted by Crippen LogP contribution is 2.32. The quantitative estimate of drug-likeness (QED) is 0.144. The van der Waals surface area contributed by atoms with Gasteiger partial charge in [0.1, 0.15) is 5.82 Å². The van der Waals surface area contributed by atoms with Gasteiger partial charge in [-0.25, -0.2) is 9.38 Å². The van der Waals surface area contributed by atoms with Gasteiger partial charge in [-0.05, 0) is 61.0 Å². The van der Waals surface area contributed by atoms with Crippen molar-refractivity contribution in [3.63, 3.8) is 0 Å². The van der Waals surface area contributed by atoms with Crippen LogP contribution in [0.15, 0.2) is 108 Å². The number of aliphatic imine (C=N–C) groups is 1. The van der Waals surface area contributed by atoms with Crippen LogP contribution in [-0.2, 0) is 11.2 Å². The van der Waals surface area contributed by atoms with Crippen LogP contribution in [0, 0.1) is 5.82 Å². The molecule has 5 aromatic rings. The molecule has 202 valence electrons. The average Bonchev–Trinajstić information content (AvgIpc) is 3.29. The number of aromatic nitrogens is 1. The minimum atomic E-state index is -0.393. The zero-order valence-electron chi connectivity index (χ0n) is 22.3. The van der Waals surface area contributed by atoms with E-state index >= 15 is 0 Å². The summed E-state index contributed by atoms with van der Waals surface area (Å²) in [5.74, 6) is -0.514. The second-order valence-electron chi connectivity index (χ2n) is 9.54. The van der Waals surface area contributed by atoms with E-state index in [4.69, 9.17) is 4.99 Å². The Bertz CT molecular complexity index is 1610. The fourth-order valence-electron chi connectivity index (χ4n) is 4.75. The van der Waals surface area contributed by atoms with Crippen molar-refractivity contribution in [3.05, 3.63) is 126 Å². The molecule has 1 aromatic heterocycles. The SMILES string of the molecule is CC(=O)N(CCNCCc1ccccc1)c1ccc(N=C(c2ccccc2)c2c(O)[nH]c3cc(F)ccc23)cc1. The van der Waals surface area contributed by atoms with Crippen LogP contribution in [0.2, 0.25) is 0 Å². The molecule has 0 fully saturated rings. The Labute approximate surface area is 232 Å². The fraction of sp³-hybridized carbons (Fsp3) is 0.152. The molecule has 0 unspecified atom stereocenters. The third-order valence-corrected chi connectivity index (χ3v) is 6.75. The zero-order chi connectivity index (χ0) is 27.9. The molecule has 0 saturated carbocycles. The summed E-state index contributed by atoms with van der Waals surface area (Å²) in [6.45, 7) is 3.61. The summed E-state index contributed by atoms with van der Waals surface area (Å²) in [5.41, 5.74) is 5.05. The van der Waals surface area contributed by atoms with Crippen molar-refractivity contribution >= 4 is 33.9 Å². The Morgan fingerprint density at radius 3 is 2.33 bits per heavy atom. The van der Waals surface area contributed by atoms with Crippen LogP contribution in [0.5, 0.6) is 5.88 Å². The van der Waals surface area contributed by atoms with E-state index in [1.54, 1.807) is 17.9 Å². The van der Waals surface area contributed by atoms with Gasteiger partial charge in [0.15, 0.2) is 5.88 Å². The van der Waals surface area contributed by atoms with E-state index in [9.17, 15) is 14.3 Å². The van der Waals surface area contributed by atoms with Gasteiger partial charge in [0.2, 0.25) is 5.91 Å².